The minimum Gasteiger partial charge on any atom is -0.499 e. The quantitative estimate of drug-likeness (QED) is 0.764. The topological polar surface area (TPSA) is 104 Å². The molecule has 1 amide bonds. The van der Waals surface area contributed by atoms with Gasteiger partial charge in [-0.2, -0.15) is 0 Å². The molecular weight excluding hydrogens is 362 g/mol. The molecule has 1 aromatic heterocycles. The lowest BCUT2D eigenvalue weighted by Gasteiger charge is -2.10. The number of nitrogens with one attached hydrogen (secondary N) is 1. The van der Waals surface area contributed by atoms with Crippen LogP contribution in [0.2, 0.25) is 0 Å². The molecule has 1 heterocycles. The van der Waals surface area contributed by atoms with Gasteiger partial charge >= 0.3 is 5.97 Å². The van der Waals surface area contributed by atoms with Crippen molar-refractivity contribution in [1.29, 1.82) is 0 Å². The van der Waals surface area contributed by atoms with E-state index in [1.54, 1.807) is 18.2 Å². The van der Waals surface area contributed by atoms with Gasteiger partial charge in [-0.05, 0) is 25.1 Å². The summed E-state index contributed by atoms with van der Waals surface area (Å²) in [5.74, 6) is -2.15. The van der Waals surface area contributed by atoms with Crippen molar-refractivity contribution in [3.05, 3.63) is 38.5 Å². The molecule has 110 valence electrons. The average Bonchev–Trinajstić information content (AvgIpc) is 2.39. The first kappa shape index (κ1) is 15.5. The van der Waals surface area contributed by atoms with Crippen molar-refractivity contribution < 1.29 is 19.8 Å². The van der Waals surface area contributed by atoms with Crippen LogP contribution in [-0.2, 0) is 4.79 Å². The fourth-order valence-corrected chi connectivity index (χ4v) is 2.94. The number of aliphatic carboxylic acids is 1. The Bertz CT molecular complexity index is 801. The van der Waals surface area contributed by atoms with Gasteiger partial charge in [-0.1, -0.05) is 27.3 Å². The Balaban J connectivity index is 2.56. The molecular formula is C13H10BrNO5S. The predicted octanol–water partition coefficient (Wildman–Crippen LogP) is 1.93. The number of amides is 1. The van der Waals surface area contributed by atoms with Crippen LogP contribution in [0.25, 0.3) is 10.1 Å². The number of rotatable bonds is 3. The standard InChI is InChI=1S/C13H10BrNO5S/c1-5(12(18)19)15-11(17)9-10(16)7-4-6(14)2-3-8(7)21-13(9)20/h2-5,20H,1H3,(H,15,17)(H,18,19)/t5-/m0/s1. The molecule has 0 saturated heterocycles. The predicted molar refractivity (Wildman–Crippen MR) is 82.0 cm³/mol. The maximum atomic E-state index is 12.3. The first-order valence-electron chi connectivity index (χ1n) is 5.80. The Morgan fingerprint density at radius 2 is 2.05 bits per heavy atom. The van der Waals surface area contributed by atoms with Gasteiger partial charge in [0.25, 0.3) is 5.91 Å². The average molecular weight is 372 g/mol. The third-order valence-corrected chi connectivity index (χ3v) is 4.25. The first-order chi connectivity index (χ1) is 9.81. The number of halogens is 1. The number of carboxylic acids is 1. The van der Waals surface area contributed by atoms with E-state index in [4.69, 9.17) is 5.11 Å². The second-order valence-electron chi connectivity index (χ2n) is 4.29. The van der Waals surface area contributed by atoms with Crippen molar-refractivity contribution in [2.24, 2.45) is 0 Å². The normalized spacial score (nSPS) is 12.1. The van der Waals surface area contributed by atoms with E-state index in [2.05, 4.69) is 21.2 Å². The van der Waals surface area contributed by atoms with Gasteiger partial charge in [-0.15, -0.1) is 0 Å². The highest BCUT2D eigenvalue weighted by Gasteiger charge is 2.22. The molecule has 0 radical (unpaired) electrons. The molecule has 0 fully saturated rings. The summed E-state index contributed by atoms with van der Waals surface area (Å²) in [5, 5.41) is 20.6. The number of carboxylic acid groups (broad SMARTS) is 1. The first-order valence-corrected chi connectivity index (χ1v) is 7.41. The van der Waals surface area contributed by atoms with Crippen molar-refractivity contribution in [3.8, 4) is 5.06 Å². The molecule has 0 spiro atoms. The zero-order valence-corrected chi connectivity index (χ0v) is 13.1. The lowest BCUT2D eigenvalue weighted by Crippen LogP contribution is -2.40. The van der Waals surface area contributed by atoms with E-state index in [-0.39, 0.29) is 5.39 Å². The van der Waals surface area contributed by atoms with Crippen LogP contribution in [0.15, 0.2) is 27.5 Å². The zero-order chi connectivity index (χ0) is 15.7. The van der Waals surface area contributed by atoms with Gasteiger partial charge in [0, 0.05) is 14.6 Å². The van der Waals surface area contributed by atoms with E-state index in [1.165, 1.54) is 6.92 Å². The van der Waals surface area contributed by atoms with Gasteiger partial charge in [0.05, 0.1) is 0 Å². The summed E-state index contributed by atoms with van der Waals surface area (Å²) in [4.78, 5) is 35.0. The Kier molecular flexibility index (Phi) is 4.29. The van der Waals surface area contributed by atoms with Crippen molar-refractivity contribution in [2.45, 2.75) is 13.0 Å². The lowest BCUT2D eigenvalue weighted by atomic mass is 10.2. The zero-order valence-electron chi connectivity index (χ0n) is 10.7. The molecule has 2 aromatic rings. The highest BCUT2D eigenvalue weighted by molar-refractivity contribution is 9.10. The molecule has 8 heteroatoms. The maximum absolute atomic E-state index is 12.3. The summed E-state index contributed by atoms with van der Waals surface area (Å²) in [6.07, 6.45) is 0. The summed E-state index contributed by atoms with van der Waals surface area (Å²) in [6.45, 7) is 1.27. The number of benzene rings is 1. The molecule has 0 saturated carbocycles. The SMILES string of the molecule is C[C@H](NC(=O)c1c(O)sc2ccc(Br)cc2c1=O)C(=O)O. The monoisotopic (exact) mass is 371 g/mol. The summed E-state index contributed by atoms with van der Waals surface area (Å²) < 4.78 is 1.19. The Labute approximate surface area is 131 Å². The molecule has 21 heavy (non-hydrogen) atoms. The second-order valence-corrected chi connectivity index (χ2v) is 6.23. The van der Waals surface area contributed by atoms with Crippen LogP contribution in [0, 0.1) is 0 Å². The van der Waals surface area contributed by atoms with Gasteiger partial charge in [-0.3, -0.25) is 14.4 Å². The largest absolute Gasteiger partial charge is 0.499 e. The number of hydrogen-bond donors (Lipinski definition) is 3. The van der Waals surface area contributed by atoms with E-state index >= 15 is 0 Å². The van der Waals surface area contributed by atoms with Gasteiger partial charge in [0.1, 0.15) is 11.6 Å². The van der Waals surface area contributed by atoms with Crippen LogP contribution in [0.1, 0.15) is 17.3 Å². The minimum atomic E-state index is -1.23. The number of carbonyl (C=O) groups excluding carboxylic acids is 1. The Morgan fingerprint density at radius 1 is 1.38 bits per heavy atom. The van der Waals surface area contributed by atoms with E-state index in [1.807, 2.05) is 0 Å². The molecule has 0 aliphatic heterocycles. The summed E-state index contributed by atoms with van der Waals surface area (Å²) >= 11 is 4.11. The van der Waals surface area contributed by atoms with Gasteiger partial charge in [0.15, 0.2) is 5.06 Å². The highest BCUT2D eigenvalue weighted by atomic mass is 79.9. The molecule has 2 rings (SSSR count). The van der Waals surface area contributed by atoms with Crippen LogP contribution >= 0.6 is 27.3 Å². The Hall–Kier alpha value is -1.93. The molecule has 0 bridgehead atoms. The number of aromatic hydroxyl groups is 1. The number of fused-ring (bicyclic) bond motifs is 1. The maximum Gasteiger partial charge on any atom is 0.325 e. The van der Waals surface area contributed by atoms with E-state index in [0.717, 1.165) is 11.3 Å². The number of carbonyl (C=O) groups is 2. The summed E-state index contributed by atoms with van der Waals surface area (Å²) in [6, 6.07) is 3.74. The number of hydrogen-bond acceptors (Lipinski definition) is 5. The van der Waals surface area contributed by atoms with Crippen LogP contribution in [-0.4, -0.2) is 28.1 Å². The van der Waals surface area contributed by atoms with Crippen molar-refractivity contribution in [2.75, 3.05) is 0 Å². The van der Waals surface area contributed by atoms with E-state index < -0.39 is 34.0 Å². The molecule has 0 unspecified atom stereocenters. The van der Waals surface area contributed by atoms with E-state index in [0.29, 0.717) is 9.17 Å². The summed E-state index contributed by atoms with van der Waals surface area (Å²) in [5.41, 5.74) is -1.09. The van der Waals surface area contributed by atoms with Crippen LogP contribution in [0.3, 0.4) is 0 Å². The van der Waals surface area contributed by atoms with E-state index in [9.17, 15) is 19.5 Å². The third-order valence-electron chi connectivity index (χ3n) is 2.78. The molecule has 6 nitrogen and oxygen atoms in total. The lowest BCUT2D eigenvalue weighted by molar-refractivity contribution is -0.138. The minimum absolute atomic E-state index is 0.278. The van der Waals surface area contributed by atoms with Crippen LogP contribution in [0.5, 0.6) is 5.06 Å². The van der Waals surface area contributed by atoms with Crippen LogP contribution in [0.4, 0.5) is 0 Å². The highest BCUT2D eigenvalue weighted by Crippen LogP contribution is 2.29. The fraction of sp³-hybridized carbons (Fsp3) is 0.154. The molecule has 0 aliphatic carbocycles. The summed E-state index contributed by atoms with van der Waals surface area (Å²) in [7, 11) is 0. The third kappa shape index (κ3) is 3.06. The molecule has 1 aromatic carbocycles. The smallest absolute Gasteiger partial charge is 0.325 e. The molecule has 3 N–H and O–H groups in total. The van der Waals surface area contributed by atoms with Crippen molar-refractivity contribution in [1.82, 2.24) is 5.32 Å². The second kappa shape index (κ2) is 5.82. The van der Waals surface area contributed by atoms with Crippen molar-refractivity contribution in [3.63, 3.8) is 0 Å². The van der Waals surface area contributed by atoms with Gasteiger partial charge in [0.2, 0.25) is 5.43 Å². The van der Waals surface area contributed by atoms with Gasteiger partial charge < -0.3 is 15.5 Å². The van der Waals surface area contributed by atoms with Crippen molar-refractivity contribution >= 4 is 49.2 Å². The molecule has 0 aliphatic rings. The van der Waals surface area contributed by atoms with Crippen LogP contribution < -0.4 is 10.7 Å². The van der Waals surface area contributed by atoms with Gasteiger partial charge in [-0.25, -0.2) is 0 Å². The Morgan fingerprint density at radius 3 is 2.67 bits per heavy atom. The molecule has 1 atom stereocenters. The fourth-order valence-electron chi connectivity index (χ4n) is 1.69.